The number of rotatable bonds is 4. The number of benzene rings is 1. The Kier molecular flexibility index (Phi) is 3.51. The summed E-state index contributed by atoms with van der Waals surface area (Å²) in [5, 5.41) is 3.59. The van der Waals surface area contributed by atoms with Gasteiger partial charge in [0, 0.05) is 30.5 Å². The van der Waals surface area contributed by atoms with Gasteiger partial charge in [-0.25, -0.2) is 4.98 Å². The minimum atomic E-state index is -0.201. The van der Waals surface area contributed by atoms with E-state index in [1.54, 1.807) is 24.4 Å². The third-order valence-corrected chi connectivity index (χ3v) is 3.13. The highest BCUT2D eigenvalue weighted by molar-refractivity contribution is 5.81. The number of H-pyrrole nitrogens is 1. The third kappa shape index (κ3) is 3.00. The molecule has 6 nitrogen and oxygen atoms in total. The van der Waals surface area contributed by atoms with E-state index in [1.807, 2.05) is 18.2 Å². The summed E-state index contributed by atoms with van der Waals surface area (Å²) in [6.07, 6.45) is 2.51. The summed E-state index contributed by atoms with van der Waals surface area (Å²) in [5.41, 5.74) is 7.62. The number of nitrogen functional groups attached to an aromatic ring is 1. The van der Waals surface area contributed by atoms with Gasteiger partial charge < -0.3 is 11.1 Å². The predicted molar refractivity (Wildman–Crippen MR) is 83.2 cm³/mol. The molecule has 0 spiro atoms. The minimum Gasteiger partial charge on any atom is -0.399 e. The Morgan fingerprint density at radius 1 is 1.24 bits per heavy atom. The molecule has 6 heteroatoms. The van der Waals surface area contributed by atoms with Gasteiger partial charge in [-0.15, -0.1) is 0 Å². The number of fused-ring (bicyclic) bond motifs is 1. The van der Waals surface area contributed by atoms with Gasteiger partial charge in [-0.2, -0.15) is 0 Å². The maximum Gasteiger partial charge on any atom is 0.260 e. The van der Waals surface area contributed by atoms with E-state index in [9.17, 15) is 4.79 Å². The fourth-order valence-electron chi connectivity index (χ4n) is 2.09. The van der Waals surface area contributed by atoms with Gasteiger partial charge in [0.05, 0.1) is 10.9 Å². The number of nitrogens with zero attached hydrogens (tertiary/aromatic N) is 2. The first-order chi connectivity index (χ1) is 10.2. The molecule has 1 aromatic carbocycles. The predicted octanol–water partition coefficient (Wildman–Crippen LogP) is 1.55. The van der Waals surface area contributed by atoms with Crippen LogP contribution in [0.25, 0.3) is 10.9 Å². The highest BCUT2D eigenvalue weighted by Gasteiger charge is 2.04. The second-order valence-corrected chi connectivity index (χ2v) is 4.69. The molecule has 4 N–H and O–H groups in total. The largest absolute Gasteiger partial charge is 0.399 e. The van der Waals surface area contributed by atoms with E-state index in [4.69, 9.17) is 5.73 Å². The van der Waals surface area contributed by atoms with Crippen molar-refractivity contribution in [3.8, 4) is 0 Å². The monoisotopic (exact) mass is 281 g/mol. The summed E-state index contributed by atoms with van der Waals surface area (Å²) in [4.78, 5) is 23.3. The van der Waals surface area contributed by atoms with E-state index < -0.39 is 0 Å². The van der Waals surface area contributed by atoms with Crippen LogP contribution in [0.5, 0.6) is 0 Å². The highest BCUT2D eigenvalue weighted by Crippen LogP contribution is 2.12. The molecule has 0 saturated carbocycles. The standard InChI is InChI=1S/C15H15N5O/c16-10-4-5-13-12(9-10)14(21)20-15(19-13)18-8-6-11-3-1-2-7-17-11/h1-5,7,9H,6,8,16H2,(H2,18,19,20,21). The topological polar surface area (TPSA) is 96.7 Å². The smallest absolute Gasteiger partial charge is 0.260 e. The van der Waals surface area contributed by atoms with Gasteiger partial charge in [-0.05, 0) is 30.3 Å². The molecule has 106 valence electrons. The lowest BCUT2D eigenvalue weighted by atomic mass is 10.2. The number of pyridine rings is 1. The van der Waals surface area contributed by atoms with E-state index in [-0.39, 0.29) is 5.56 Å². The Hall–Kier alpha value is -2.89. The summed E-state index contributed by atoms with van der Waals surface area (Å²) < 4.78 is 0. The van der Waals surface area contributed by atoms with Crippen molar-refractivity contribution in [1.29, 1.82) is 0 Å². The van der Waals surface area contributed by atoms with Crippen LogP contribution in [0.15, 0.2) is 47.4 Å². The van der Waals surface area contributed by atoms with Crippen molar-refractivity contribution in [2.45, 2.75) is 6.42 Å². The van der Waals surface area contributed by atoms with Crippen molar-refractivity contribution in [2.24, 2.45) is 0 Å². The van der Waals surface area contributed by atoms with Crippen LogP contribution >= 0.6 is 0 Å². The number of hydrogen-bond donors (Lipinski definition) is 3. The summed E-state index contributed by atoms with van der Waals surface area (Å²) >= 11 is 0. The zero-order chi connectivity index (χ0) is 14.7. The molecule has 0 fully saturated rings. The van der Waals surface area contributed by atoms with Gasteiger partial charge in [0.15, 0.2) is 0 Å². The zero-order valence-corrected chi connectivity index (χ0v) is 11.3. The van der Waals surface area contributed by atoms with Gasteiger partial charge >= 0.3 is 0 Å². The van der Waals surface area contributed by atoms with Crippen molar-refractivity contribution in [2.75, 3.05) is 17.6 Å². The number of hydrogen-bond acceptors (Lipinski definition) is 5. The van der Waals surface area contributed by atoms with E-state index in [2.05, 4.69) is 20.3 Å². The Morgan fingerprint density at radius 3 is 2.95 bits per heavy atom. The van der Waals surface area contributed by atoms with Crippen molar-refractivity contribution < 1.29 is 0 Å². The third-order valence-electron chi connectivity index (χ3n) is 3.13. The first kappa shape index (κ1) is 13.1. The lowest BCUT2D eigenvalue weighted by Gasteiger charge is -2.06. The van der Waals surface area contributed by atoms with E-state index in [1.165, 1.54) is 0 Å². The highest BCUT2D eigenvalue weighted by atomic mass is 16.1. The van der Waals surface area contributed by atoms with Crippen molar-refractivity contribution in [1.82, 2.24) is 15.0 Å². The van der Waals surface area contributed by atoms with Crippen LogP contribution in [0.2, 0.25) is 0 Å². The van der Waals surface area contributed by atoms with Crippen LogP contribution in [0.4, 0.5) is 11.6 Å². The molecule has 0 unspecified atom stereocenters. The lowest BCUT2D eigenvalue weighted by molar-refractivity contribution is 0.942. The molecule has 21 heavy (non-hydrogen) atoms. The number of aromatic nitrogens is 3. The second-order valence-electron chi connectivity index (χ2n) is 4.69. The zero-order valence-electron chi connectivity index (χ0n) is 11.3. The molecular formula is C15H15N5O. The molecule has 0 aliphatic rings. The quantitative estimate of drug-likeness (QED) is 0.630. The first-order valence-corrected chi connectivity index (χ1v) is 6.66. The second kappa shape index (κ2) is 5.62. The van der Waals surface area contributed by atoms with Crippen LogP contribution in [0.1, 0.15) is 5.69 Å². The van der Waals surface area contributed by atoms with E-state index >= 15 is 0 Å². The van der Waals surface area contributed by atoms with Crippen LogP contribution in [-0.4, -0.2) is 21.5 Å². The fraction of sp³-hybridized carbons (Fsp3) is 0.133. The van der Waals surface area contributed by atoms with Crippen molar-refractivity contribution in [3.05, 3.63) is 58.6 Å². The minimum absolute atomic E-state index is 0.201. The molecule has 0 amide bonds. The average Bonchev–Trinajstić information content (AvgIpc) is 2.49. The molecule has 0 bridgehead atoms. The number of anilines is 2. The number of aromatic amines is 1. The molecule has 0 radical (unpaired) electrons. The fourth-order valence-corrected chi connectivity index (χ4v) is 2.09. The molecule has 3 aromatic rings. The SMILES string of the molecule is Nc1ccc2nc(NCCc3ccccn3)[nH]c(=O)c2c1. The van der Waals surface area contributed by atoms with Crippen molar-refractivity contribution in [3.63, 3.8) is 0 Å². The van der Waals surface area contributed by atoms with Crippen LogP contribution in [-0.2, 0) is 6.42 Å². The summed E-state index contributed by atoms with van der Waals surface area (Å²) in [5.74, 6) is 0.452. The first-order valence-electron chi connectivity index (χ1n) is 6.66. The molecule has 0 aliphatic carbocycles. The van der Waals surface area contributed by atoms with Crippen LogP contribution in [0.3, 0.4) is 0 Å². The molecule has 3 rings (SSSR count). The van der Waals surface area contributed by atoms with E-state index in [0.29, 0.717) is 29.1 Å². The summed E-state index contributed by atoms with van der Waals surface area (Å²) in [6, 6.07) is 10.9. The summed E-state index contributed by atoms with van der Waals surface area (Å²) in [7, 11) is 0. The molecule has 2 heterocycles. The van der Waals surface area contributed by atoms with Gasteiger partial charge in [0.1, 0.15) is 0 Å². The van der Waals surface area contributed by atoms with Crippen LogP contribution in [0, 0.1) is 0 Å². The number of nitrogens with two attached hydrogens (primary N) is 1. The molecular weight excluding hydrogens is 266 g/mol. The Balaban J connectivity index is 1.76. The van der Waals surface area contributed by atoms with Gasteiger partial charge in [-0.1, -0.05) is 6.07 Å². The number of nitrogens with one attached hydrogen (secondary N) is 2. The van der Waals surface area contributed by atoms with E-state index in [0.717, 1.165) is 12.1 Å². The average molecular weight is 281 g/mol. The van der Waals surface area contributed by atoms with Gasteiger partial charge in [-0.3, -0.25) is 14.8 Å². The van der Waals surface area contributed by atoms with Gasteiger partial charge in [0.2, 0.25) is 5.95 Å². The Morgan fingerprint density at radius 2 is 2.14 bits per heavy atom. The summed E-state index contributed by atoms with van der Waals surface area (Å²) in [6.45, 7) is 0.639. The molecule has 0 aliphatic heterocycles. The lowest BCUT2D eigenvalue weighted by Crippen LogP contribution is -2.15. The van der Waals surface area contributed by atoms with Crippen LogP contribution < -0.4 is 16.6 Å². The maximum absolute atomic E-state index is 12.0. The molecule has 2 aromatic heterocycles. The Labute approximate surface area is 121 Å². The Bertz CT molecular complexity index is 813. The molecule has 0 saturated heterocycles. The molecule has 0 atom stereocenters. The normalized spacial score (nSPS) is 10.7. The maximum atomic E-state index is 12.0. The van der Waals surface area contributed by atoms with Gasteiger partial charge in [0.25, 0.3) is 5.56 Å². The van der Waals surface area contributed by atoms with Crippen molar-refractivity contribution >= 4 is 22.5 Å².